The summed E-state index contributed by atoms with van der Waals surface area (Å²) >= 11 is 1.73. The van der Waals surface area contributed by atoms with Crippen LogP contribution < -0.4 is 5.32 Å². The molecular weight excluding hydrogens is 194 g/mol. The summed E-state index contributed by atoms with van der Waals surface area (Å²) in [5.74, 6) is 0. The van der Waals surface area contributed by atoms with E-state index in [0.29, 0.717) is 6.04 Å². The van der Waals surface area contributed by atoms with Crippen LogP contribution in [0.3, 0.4) is 0 Å². The van der Waals surface area contributed by atoms with Crippen molar-refractivity contribution in [3.63, 3.8) is 0 Å². The second kappa shape index (κ2) is 5.49. The molecule has 0 spiro atoms. The van der Waals surface area contributed by atoms with Gasteiger partial charge in [0.15, 0.2) is 0 Å². The molecule has 2 nitrogen and oxygen atoms in total. The van der Waals surface area contributed by atoms with Crippen LogP contribution in [0, 0.1) is 0 Å². The summed E-state index contributed by atoms with van der Waals surface area (Å²) < 4.78 is 5.66. The van der Waals surface area contributed by atoms with Gasteiger partial charge in [0.1, 0.15) is 0 Å². The summed E-state index contributed by atoms with van der Waals surface area (Å²) in [6.07, 6.45) is 3.93. The predicted molar refractivity (Wildman–Crippen MR) is 59.6 cm³/mol. The molecule has 0 aliphatic carbocycles. The largest absolute Gasteiger partial charge is 0.375 e. The zero-order valence-electron chi connectivity index (χ0n) is 8.37. The first-order chi connectivity index (χ1) is 6.95. The van der Waals surface area contributed by atoms with E-state index in [0.717, 1.165) is 19.8 Å². The third-order valence-electron chi connectivity index (χ3n) is 2.58. The number of hydrogen-bond donors (Lipinski definition) is 1. The Morgan fingerprint density at radius 2 is 2.50 bits per heavy atom. The number of ether oxygens (including phenoxy) is 1. The highest BCUT2D eigenvalue weighted by atomic mass is 32.1. The van der Waals surface area contributed by atoms with Gasteiger partial charge in [-0.25, -0.2) is 0 Å². The Balaban J connectivity index is 1.62. The van der Waals surface area contributed by atoms with Crippen LogP contribution in [0.15, 0.2) is 16.8 Å². The minimum absolute atomic E-state index is 0.586. The molecule has 0 saturated carbocycles. The van der Waals surface area contributed by atoms with E-state index in [1.165, 1.54) is 24.8 Å². The van der Waals surface area contributed by atoms with Crippen molar-refractivity contribution in [2.24, 2.45) is 0 Å². The summed E-state index contributed by atoms with van der Waals surface area (Å²) in [6, 6.07) is 2.71. The maximum atomic E-state index is 5.66. The number of nitrogens with one attached hydrogen (secondary N) is 1. The van der Waals surface area contributed by atoms with Crippen LogP contribution in [0.1, 0.15) is 24.8 Å². The Labute approximate surface area is 89.3 Å². The van der Waals surface area contributed by atoms with Crippen molar-refractivity contribution in [1.82, 2.24) is 5.32 Å². The highest BCUT2D eigenvalue weighted by Crippen LogP contribution is 2.10. The van der Waals surface area contributed by atoms with Gasteiger partial charge in [-0.05, 0) is 41.8 Å². The summed E-state index contributed by atoms with van der Waals surface area (Å²) in [6.45, 7) is 2.78. The summed E-state index contributed by atoms with van der Waals surface area (Å²) in [5, 5.41) is 7.72. The smallest absolute Gasteiger partial charge is 0.0725 e. The lowest BCUT2D eigenvalue weighted by molar-refractivity contribution is 0.0913. The quantitative estimate of drug-likeness (QED) is 0.825. The lowest BCUT2D eigenvalue weighted by Gasteiger charge is -2.23. The molecule has 1 saturated heterocycles. The maximum Gasteiger partial charge on any atom is 0.0725 e. The maximum absolute atomic E-state index is 5.66. The van der Waals surface area contributed by atoms with Gasteiger partial charge in [0.25, 0.3) is 0 Å². The highest BCUT2D eigenvalue weighted by molar-refractivity contribution is 7.07. The number of hydrogen-bond acceptors (Lipinski definition) is 3. The van der Waals surface area contributed by atoms with Crippen molar-refractivity contribution in [2.45, 2.75) is 31.9 Å². The molecule has 78 valence electrons. The molecule has 14 heavy (non-hydrogen) atoms. The molecule has 2 heterocycles. The van der Waals surface area contributed by atoms with Crippen LogP contribution in [0.2, 0.25) is 0 Å². The van der Waals surface area contributed by atoms with Crippen molar-refractivity contribution in [3.05, 3.63) is 22.4 Å². The molecule has 1 aliphatic heterocycles. The fraction of sp³-hybridized carbons (Fsp3) is 0.636. The molecule has 1 aromatic rings. The van der Waals surface area contributed by atoms with E-state index in [2.05, 4.69) is 22.1 Å². The van der Waals surface area contributed by atoms with Gasteiger partial charge in [0.2, 0.25) is 0 Å². The van der Waals surface area contributed by atoms with Crippen LogP contribution in [0.4, 0.5) is 0 Å². The Hall–Kier alpha value is -0.380. The summed E-state index contributed by atoms with van der Waals surface area (Å²) in [5.41, 5.74) is 1.30. The molecule has 0 amide bonds. The van der Waals surface area contributed by atoms with Gasteiger partial charge in [0, 0.05) is 6.04 Å². The van der Waals surface area contributed by atoms with Crippen LogP contribution >= 0.6 is 11.3 Å². The SMILES string of the molecule is c1cc(COCC2CCCCN2)cs1. The molecule has 1 aromatic heterocycles. The number of rotatable bonds is 4. The second-order valence-corrected chi connectivity index (χ2v) is 4.57. The zero-order valence-corrected chi connectivity index (χ0v) is 9.19. The van der Waals surface area contributed by atoms with E-state index < -0.39 is 0 Å². The number of piperidine rings is 1. The number of thiophene rings is 1. The molecule has 0 bridgehead atoms. The minimum atomic E-state index is 0.586. The molecule has 1 atom stereocenters. The van der Waals surface area contributed by atoms with Gasteiger partial charge >= 0.3 is 0 Å². The van der Waals surface area contributed by atoms with Crippen molar-refractivity contribution in [1.29, 1.82) is 0 Å². The molecule has 2 rings (SSSR count). The highest BCUT2D eigenvalue weighted by Gasteiger charge is 2.11. The average Bonchev–Trinajstić information content (AvgIpc) is 2.72. The third kappa shape index (κ3) is 3.08. The van der Waals surface area contributed by atoms with Crippen LogP contribution in [0.5, 0.6) is 0 Å². The van der Waals surface area contributed by atoms with Crippen molar-refractivity contribution in [3.8, 4) is 0 Å². The fourth-order valence-electron chi connectivity index (χ4n) is 1.76. The van der Waals surface area contributed by atoms with Gasteiger partial charge < -0.3 is 10.1 Å². The molecule has 0 aromatic carbocycles. The van der Waals surface area contributed by atoms with Crippen LogP contribution in [0.25, 0.3) is 0 Å². The molecule has 3 heteroatoms. The Bertz CT molecular complexity index is 242. The molecule has 1 aliphatic rings. The molecule has 1 N–H and O–H groups in total. The minimum Gasteiger partial charge on any atom is -0.375 e. The molecule has 1 fully saturated rings. The fourth-order valence-corrected chi connectivity index (χ4v) is 2.41. The average molecular weight is 211 g/mol. The molecule has 1 unspecified atom stereocenters. The first-order valence-electron chi connectivity index (χ1n) is 5.27. The van der Waals surface area contributed by atoms with E-state index in [1.807, 2.05) is 0 Å². The summed E-state index contributed by atoms with van der Waals surface area (Å²) in [4.78, 5) is 0. The third-order valence-corrected chi connectivity index (χ3v) is 3.31. The topological polar surface area (TPSA) is 21.3 Å². The zero-order chi connectivity index (χ0) is 9.64. The normalized spacial score (nSPS) is 22.4. The lowest BCUT2D eigenvalue weighted by Crippen LogP contribution is -2.37. The monoisotopic (exact) mass is 211 g/mol. The first-order valence-corrected chi connectivity index (χ1v) is 6.21. The predicted octanol–water partition coefficient (Wildman–Crippen LogP) is 2.41. The Morgan fingerprint density at radius 1 is 1.50 bits per heavy atom. The van der Waals surface area contributed by atoms with E-state index in [1.54, 1.807) is 11.3 Å². The van der Waals surface area contributed by atoms with Crippen molar-refractivity contribution < 1.29 is 4.74 Å². The van der Waals surface area contributed by atoms with Crippen LogP contribution in [-0.2, 0) is 11.3 Å². The molecular formula is C11H17NOS. The molecule has 0 radical (unpaired) electrons. The summed E-state index contributed by atoms with van der Waals surface area (Å²) in [7, 11) is 0. The van der Waals surface area contributed by atoms with E-state index in [9.17, 15) is 0 Å². The van der Waals surface area contributed by atoms with Crippen molar-refractivity contribution in [2.75, 3.05) is 13.2 Å². The van der Waals surface area contributed by atoms with E-state index in [-0.39, 0.29) is 0 Å². The van der Waals surface area contributed by atoms with Gasteiger partial charge in [-0.2, -0.15) is 11.3 Å². The van der Waals surface area contributed by atoms with E-state index in [4.69, 9.17) is 4.74 Å². The lowest BCUT2D eigenvalue weighted by atomic mass is 10.1. The van der Waals surface area contributed by atoms with Crippen molar-refractivity contribution >= 4 is 11.3 Å². The first kappa shape index (κ1) is 10.1. The van der Waals surface area contributed by atoms with Gasteiger partial charge in [-0.1, -0.05) is 6.42 Å². The van der Waals surface area contributed by atoms with E-state index >= 15 is 0 Å². The van der Waals surface area contributed by atoms with Gasteiger partial charge in [-0.15, -0.1) is 0 Å². The van der Waals surface area contributed by atoms with Crippen LogP contribution in [-0.4, -0.2) is 19.2 Å². The Morgan fingerprint density at radius 3 is 3.21 bits per heavy atom. The Kier molecular flexibility index (Phi) is 3.98. The standard InChI is InChI=1S/C11H17NOS/c1-2-5-12-11(3-1)8-13-7-10-4-6-14-9-10/h4,6,9,11-12H,1-3,5,7-8H2. The van der Waals surface area contributed by atoms with Gasteiger partial charge in [0.05, 0.1) is 13.2 Å². The second-order valence-electron chi connectivity index (χ2n) is 3.79. The van der Waals surface area contributed by atoms with Gasteiger partial charge in [-0.3, -0.25) is 0 Å².